The van der Waals surface area contributed by atoms with Gasteiger partial charge in [-0.3, -0.25) is 19.3 Å². The van der Waals surface area contributed by atoms with E-state index in [-0.39, 0.29) is 18.4 Å². The van der Waals surface area contributed by atoms with Crippen molar-refractivity contribution < 1.29 is 23.9 Å². The van der Waals surface area contributed by atoms with Gasteiger partial charge < -0.3 is 14.8 Å². The van der Waals surface area contributed by atoms with E-state index in [0.717, 1.165) is 0 Å². The van der Waals surface area contributed by atoms with E-state index in [2.05, 4.69) is 5.32 Å². The topological polar surface area (TPSA) is 84.9 Å². The number of hydrogen-bond donors (Lipinski definition) is 1. The number of nitrogens with zero attached hydrogens (tertiary/aromatic N) is 1. The van der Waals surface area contributed by atoms with E-state index in [0.29, 0.717) is 42.9 Å². The standard InChI is InChI=1S/C16H20N2O5/c1-3-13-16(21)18(9-15(20)17-6-7-22-2)12-8-11(10-19)4-5-14(12)23-13/h4-5,8,10,13H,3,6-7,9H2,1-2H3,(H,17,20). The van der Waals surface area contributed by atoms with Gasteiger partial charge in [0.05, 0.1) is 12.3 Å². The molecule has 0 radical (unpaired) electrons. The van der Waals surface area contributed by atoms with Crippen molar-refractivity contribution in [1.29, 1.82) is 0 Å². The van der Waals surface area contributed by atoms with Crippen LogP contribution in [0.5, 0.6) is 5.75 Å². The number of rotatable bonds is 7. The summed E-state index contributed by atoms with van der Waals surface area (Å²) in [6, 6.07) is 4.81. The van der Waals surface area contributed by atoms with E-state index in [1.54, 1.807) is 25.3 Å². The van der Waals surface area contributed by atoms with E-state index in [1.807, 2.05) is 6.92 Å². The number of carbonyl (C=O) groups is 3. The van der Waals surface area contributed by atoms with Gasteiger partial charge in [-0.25, -0.2) is 0 Å². The maximum Gasteiger partial charge on any atom is 0.268 e. The summed E-state index contributed by atoms with van der Waals surface area (Å²) in [5, 5.41) is 2.68. The Hall–Kier alpha value is -2.41. The van der Waals surface area contributed by atoms with Gasteiger partial charge in [-0.15, -0.1) is 0 Å². The fourth-order valence-electron chi connectivity index (χ4n) is 2.33. The summed E-state index contributed by atoms with van der Waals surface area (Å²) >= 11 is 0. The molecule has 7 nitrogen and oxygen atoms in total. The maximum atomic E-state index is 12.5. The number of anilines is 1. The summed E-state index contributed by atoms with van der Waals surface area (Å²) < 4.78 is 10.5. The second kappa shape index (κ2) is 7.73. The highest BCUT2D eigenvalue weighted by molar-refractivity contribution is 6.04. The zero-order valence-corrected chi connectivity index (χ0v) is 13.2. The van der Waals surface area contributed by atoms with Crippen molar-refractivity contribution in [3.05, 3.63) is 23.8 Å². The van der Waals surface area contributed by atoms with Gasteiger partial charge in [0, 0.05) is 19.2 Å². The zero-order valence-electron chi connectivity index (χ0n) is 13.2. The van der Waals surface area contributed by atoms with Crippen LogP contribution in [0.3, 0.4) is 0 Å². The largest absolute Gasteiger partial charge is 0.478 e. The molecule has 2 rings (SSSR count). The van der Waals surface area contributed by atoms with Gasteiger partial charge in [0.1, 0.15) is 18.6 Å². The average molecular weight is 320 g/mol. The van der Waals surface area contributed by atoms with Crippen molar-refractivity contribution in [1.82, 2.24) is 5.32 Å². The van der Waals surface area contributed by atoms with Gasteiger partial charge in [-0.1, -0.05) is 6.92 Å². The summed E-state index contributed by atoms with van der Waals surface area (Å²) in [4.78, 5) is 36.8. The fourth-order valence-corrected chi connectivity index (χ4v) is 2.33. The molecule has 0 fully saturated rings. The van der Waals surface area contributed by atoms with Crippen molar-refractivity contribution in [3.8, 4) is 5.75 Å². The molecule has 2 amide bonds. The van der Waals surface area contributed by atoms with Crippen LogP contribution in [0.2, 0.25) is 0 Å². The maximum absolute atomic E-state index is 12.5. The van der Waals surface area contributed by atoms with Crippen LogP contribution in [0.25, 0.3) is 0 Å². The Morgan fingerprint density at radius 1 is 1.48 bits per heavy atom. The molecule has 1 aromatic rings. The van der Waals surface area contributed by atoms with Crippen LogP contribution < -0.4 is 15.0 Å². The van der Waals surface area contributed by atoms with Crippen LogP contribution in [0.4, 0.5) is 5.69 Å². The van der Waals surface area contributed by atoms with E-state index in [1.165, 1.54) is 4.90 Å². The van der Waals surface area contributed by atoms with Crippen molar-refractivity contribution in [3.63, 3.8) is 0 Å². The van der Waals surface area contributed by atoms with Crippen LogP contribution in [-0.4, -0.2) is 51.0 Å². The predicted molar refractivity (Wildman–Crippen MR) is 83.8 cm³/mol. The lowest BCUT2D eigenvalue weighted by molar-refractivity contribution is -0.129. The molecular weight excluding hydrogens is 300 g/mol. The van der Waals surface area contributed by atoms with Crippen LogP contribution in [0.1, 0.15) is 23.7 Å². The number of ether oxygens (including phenoxy) is 2. The number of aldehydes is 1. The summed E-state index contributed by atoms with van der Waals surface area (Å²) in [5.74, 6) is -0.0914. The van der Waals surface area contributed by atoms with Gasteiger partial charge in [0.15, 0.2) is 6.10 Å². The van der Waals surface area contributed by atoms with E-state index < -0.39 is 6.10 Å². The number of fused-ring (bicyclic) bond motifs is 1. The quantitative estimate of drug-likeness (QED) is 0.592. The lowest BCUT2D eigenvalue weighted by Gasteiger charge is -2.33. The van der Waals surface area contributed by atoms with E-state index in [4.69, 9.17) is 9.47 Å². The molecule has 0 spiro atoms. The second-order valence-corrected chi connectivity index (χ2v) is 5.13. The minimum absolute atomic E-state index is 0.127. The van der Waals surface area contributed by atoms with E-state index in [9.17, 15) is 14.4 Å². The number of amides is 2. The normalized spacial score (nSPS) is 16.5. The Morgan fingerprint density at radius 2 is 2.26 bits per heavy atom. The third-order valence-corrected chi connectivity index (χ3v) is 3.52. The fraction of sp³-hybridized carbons (Fsp3) is 0.438. The molecule has 1 N–H and O–H groups in total. The number of methoxy groups -OCH3 is 1. The third kappa shape index (κ3) is 3.87. The molecule has 0 saturated carbocycles. The highest BCUT2D eigenvalue weighted by Crippen LogP contribution is 2.35. The zero-order chi connectivity index (χ0) is 16.8. The average Bonchev–Trinajstić information content (AvgIpc) is 2.57. The van der Waals surface area contributed by atoms with E-state index >= 15 is 0 Å². The van der Waals surface area contributed by atoms with Crippen molar-refractivity contribution in [2.24, 2.45) is 0 Å². The van der Waals surface area contributed by atoms with Crippen LogP contribution in [0.15, 0.2) is 18.2 Å². The Kier molecular flexibility index (Phi) is 5.70. The van der Waals surface area contributed by atoms with Crippen molar-refractivity contribution >= 4 is 23.8 Å². The number of carbonyl (C=O) groups excluding carboxylic acids is 3. The lowest BCUT2D eigenvalue weighted by Crippen LogP contribution is -2.49. The van der Waals surface area contributed by atoms with Gasteiger partial charge in [-0.05, 0) is 24.6 Å². The summed E-state index contributed by atoms with van der Waals surface area (Å²) in [6.45, 7) is 2.47. The molecule has 124 valence electrons. The molecule has 1 atom stereocenters. The molecule has 23 heavy (non-hydrogen) atoms. The van der Waals surface area contributed by atoms with Crippen LogP contribution in [0, 0.1) is 0 Å². The SMILES string of the molecule is CCC1Oc2ccc(C=O)cc2N(CC(=O)NCCOC)C1=O. The lowest BCUT2D eigenvalue weighted by atomic mass is 10.1. The van der Waals surface area contributed by atoms with Gasteiger partial charge >= 0.3 is 0 Å². The molecule has 0 aliphatic carbocycles. The summed E-state index contributed by atoms with van der Waals surface area (Å²) in [5.41, 5.74) is 0.853. The Labute approximate surface area is 134 Å². The highest BCUT2D eigenvalue weighted by atomic mass is 16.5. The molecule has 7 heteroatoms. The van der Waals surface area contributed by atoms with Crippen molar-refractivity contribution in [2.75, 3.05) is 31.7 Å². The smallest absolute Gasteiger partial charge is 0.268 e. The molecule has 1 aliphatic heterocycles. The number of nitrogens with one attached hydrogen (secondary N) is 1. The highest BCUT2D eigenvalue weighted by Gasteiger charge is 2.34. The molecule has 1 heterocycles. The third-order valence-electron chi connectivity index (χ3n) is 3.52. The molecule has 0 bridgehead atoms. The molecule has 1 aliphatic rings. The molecule has 1 aromatic carbocycles. The van der Waals surface area contributed by atoms with Crippen molar-refractivity contribution in [2.45, 2.75) is 19.4 Å². The second-order valence-electron chi connectivity index (χ2n) is 5.13. The first-order chi connectivity index (χ1) is 11.1. The summed E-state index contributed by atoms with van der Waals surface area (Å²) in [6.07, 6.45) is 0.555. The van der Waals surface area contributed by atoms with Gasteiger partial charge in [0.25, 0.3) is 5.91 Å². The summed E-state index contributed by atoms with van der Waals surface area (Å²) in [7, 11) is 1.54. The Bertz CT molecular complexity index is 602. The molecule has 1 unspecified atom stereocenters. The number of hydrogen-bond acceptors (Lipinski definition) is 5. The van der Waals surface area contributed by atoms with Gasteiger partial charge in [-0.2, -0.15) is 0 Å². The monoisotopic (exact) mass is 320 g/mol. The molecular formula is C16H20N2O5. The molecule has 0 saturated heterocycles. The minimum Gasteiger partial charge on any atom is -0.478 e. The first-order valence-electron chi connectivity index (χ1n) is 7.43. The minimum atomic E-state index is -0.628. The first-order valence-corrected chi connectivity index (χ1v) is 7.43. The predicted octanol–water partition coefficient (Wildman–Crippen LogP) is 0.766. The Balaban J connectivity index is 2.23. The molecule has 0 aromatic heterocycles. The van der Waals surface area contributed by atoms with Gasteiger partial charge in [0.2, 0.25) is 5.91 Å². The number of benzene rings is 1. The van der Waals surface area contributed by atoms with Crippen LogP contribution >= 0.6 is 0 Å². The first kappa shape index (κ1) is 17.0. The van der Waals surface area contributed by atoms with Crippen LogP contribution in [-0.2, 0) is 14.3 Å². The Morgan fingerprint density at radius 3 is 2.91 bits per heavy atom.